The van der Waals surface area contributed by atoms with Crippen molar-refractivity contribution in [2.24, 2.45) is 13.0 Å². The highest BCUT2D eigenvalue weighted by atomic mass is 16.5. The maximum Gasteiger partial charge on any atom is 0.274 e. The minimum Gasteiger partial charge on any atom is -0.490 e. The molecule has 6 heteroatoms. The molecule has 3 heterocycles. The summed E-state index contributed by atoms with van der Waals surface area (Å²) in [5.74, 6) is 1.83. The molecule has 5 rings (SSSR count). The minimum atomic E-state index is 0.0198. The molecule has 1 aliphatic carbocycles. The number of hydrogen-bond acceptors (Lipinski definition) is 3. The number of ether oxygens (including phenoxy) is 1. The van der Waals surface area contributed by atoms with Crippen LogP contribution in [0.5, 0.6) is 5.75 Å². The topological polar surface area (TPSA) is 52.3 Å². The van der Waals surface area contributed by atoms with Gasteiger partial charge in [0.15, 0.2) is 5.69 Å². The summed E-state index contributed by atoms with van der Waals surface area (Å²) in [6, 6.07) is 10.4. The van der Waals surface area contributed by atoms with Crippen LogP contribution in [0, 0.1) is 12.8 Å². The highest BCUT2D eigenvalue weighted by Crippen LogP contribution is 2.34. The van der Waals surface area contributed by atoms with Crippen molar-refractivity contribution in [3.63, 3.8) is 0 Å². The fourth-order valence-corrected chi connectivity index (χ4v) is 4.22. The van der Waals surface area contributed by atoms with E-state index in [0.29, 0.717) is 18.8 Å². The van der Waals surface area contributed by atoms with Gasteiger partial charge in [0.05, 0.1) is 5.52 Å². The molecule has 2 aromatic heterocycles. The highest BCUT2D eigenvalue weighted by molar-refractivity contribution is 5.92. The van der Waals surface area contributed by atoms with Crippen LogP contribution >= 0.6 is 0 Å². The van der Waals surface area contributed by atoms with E-state index in [1.807, 2.05) is 24.9 Å². The van der Waals surface area contributed by atoms with E-state index in [2.05, 4.69) is 40.1 Å². The molecule has 1 saturated heterocycles. The number of piperidine rings is 1. The first-order valence-electron chi connectivity index (χ1n) is 10.6. The quantitative estimate of drug-likeness (QED) is 0.664. The number of aromatic nitrogens is 3. The van der Waals surface area contributed by atoms with E-state index in [1.54, 1.807) is 4.68 Å². The molecule has 2 aliphatic rings. The van der Waals surface area contributed by atoms with Gasteiger partial charge in [0.2, 0.25) is 0 Å². The lowest BCUT2D eigenvalue weighted by molar-refractivity contribution is 0.0592. The Hall–Kier alpha value is -2.76. The zero-order valence-corrected chi connectivity index (χ0v) is 17.2. The molecule has 0 spiro atoms. The number of likely N-dealkylation sites (tertiary alicyclic amines) is 1. The van der Waals surface area contributed by atoms with E-state index in [4.69, 9.17) is 4.74 Å². The number of benzene rings is 1. The maximum absolute atomic E-state index is 12.7. The van der Waals surface area contributed by atoms with Gasteiger partial charge in [-0.15, -0.1) is 0 Å². The summed E-state index contributed by atoms with van der Waals surface area (Å²) in [5, 5.41) is 5.52. The molecule has 152 valence electrons. The lowest BCUT2D eigenvalue weighted by Crippen LogP contribution is -2.42. The average molecular weight is 393 g/mol. The van der Waals surface area contributed by atoms with Crippen LogP contribution < -0.4 is 4.74 Å². The molecular formula is C23H28N4O2. The van der Waals surface area contributed by atoms with Crippen LogP contribution in [0.3, 0.4) is 0 Å². The zero-order chi connectivity index (χ0) is 20.0. The predicted molar refractivity (Wildman–Crippen MR) is 112 cm³/mol. The van der Waals surface area contributed by atoms with Crippen molar-refractivity contribution in [2.75, 3.05) is 13.1 Å². The van der Waals surface area contributed by atoms with E-state index in [0.717, 1.165) is 36.7 Å². The lowest BCUT2D eigenvalue weighted by atomic mass is 10.1. The molecule has 6 nitrogen and oxygen atoms in total. The molecule has 1 amide bonds. The van der Waals surface area contributed by atoms with Gasteiger partial charge in [-0.1, -0.05) is 6.07 Å². The maximum atomic E-state index is 12.7. The van der Waals surface area contributed by atoms with Gasteiger partial charge in [0, 0.05) is 56.8 Å². The molecule has 1 aromatic carbocycles. The molecule has 3 aromatic rings. The molecule has 0 bridgehead atoms. The number of fused-ring (bicyclic) bond motifs is 1. The summed E-state index contributed by atoms with van der Waals surface area (Å²) in [7, 11) is 1.87. The number of amides is 1. The molecule has 0 radical (unpaired) electrons. The van der Waals surface area contributed by atoms with Crippen molar-refractivity contribution >= 4 is 16.8 Å². The molecule has 1 aliphatic heterocycles. The second-order valence-electron chi connectivity index (χ2n) is 8.50. The third-order valence-electron chi connectivity index (χ3n) is 6.28. The fourth-order valence-electron chi connectivity index (χ4n) is 4.22. The van der Waals surface area contributed by atoms with Crippen molar-refractivity contribution in [2.45, 2.75) is 45.3 Å². The number of rotatable bonds is 5. The Morgan fingerprint density at radius 2 is 1.97 bits per heavy atom. The second-order valence-corrected chi connectivity index (χ2v) is 8.50. The second kappa shape index (κ2) is 7.25. The van der Waals surface area contributed by atoms with Crippen LogP contribution in [0.25, 0.3) is 10.9 Å². The Morgan fingerprint density at radius 3 is 2.66 bits per heavy atom. The smallest absolute Gasteiger partial charge is 0.274 e. The van der Waals surface area contributed by atoms with Crippen molar-refractivity contribution < 1.29 is 9.53 Å². The molecular weight excluding hydrogens is 364 g/mol. The molecule has 2 fully saturated rings. The summed E-state index contributed by atoms with van der Waals surface area (Å²) >= 11 is 0. The third kappa shape index (κ3) is 3.63. The number of aryl methyl sites for hydroxylation is 2. The standard InChI is InChI=1S/C23H28N4O2/c1-16-14-20(24-25(16)2)23(28)26-11-8-18(9-12-26)29-22-5-3-4-21-19(22)10-13-27(21)15-17-6-7-17/h3-5,10,13-14,17-18H,6-9,11-12,15H2,1-2H3. The van der Waals surface area contributed by atoms with Gasteiger partial charge in [0.25, 0.3) is 5.91 Å². The molecule has 0 N–H and O–H groups in total. The van der Waals surface area contributed by atoms with Crippen LogP contribution in [0.4, 0.5) is 0 Å². The van der Waals surface area contributed by atoms with Gasteiger partial charge < -0.3 is 14.2 Å². The van der Waals surface area contributed by atoms with Crippen molar-refractivity contribution in [1.29, 1.82) is 0 Å². The molecule has 0 unspecified atom stereocenters. The Kier molecular flexibility index (Phi) is 4.57. The molecule has 0 atom stereocenters. The van der Waals surface area contributed by atoms with E-state index in [9.17, 15) is 4.79 Å². The monoisotopic (exact) mass is 392 g/mol. The van der Waals surface area contributed by atoms with Crippen molar-refractivity contribution in [3.05, 3.63) is 47.9 Å². The molecule has 29 heavy (non-hydrogen) atoms. The summed E-state index contributed by atoms with van der Waals surface area (Å²) in [5.41, 5.74) is 2.78. The first-order valence-corrected chi connectivity index (χ1v) is 10.6. The fraction of sp³-hybridized carbons (Fsp3) is 0.478. The largest absolute Gasteiger partial charge is 0.490 e. The predicted octanol–water partition coefficient (Wildman–Crippen LogP) is 3.78. The van der Waals surface area contributed by atoms with Gasteiger partial charge in [-0.25, -0.2) is 0 Å². The summed E-state index contributed by atoms with van der Waals surface area (Å²) < 4.78 is 10.5. The van der Waals surface area contributed by atoms with Gasteiger partial charge in [-0.3, -0.25) is 9.48 Å². The van der Waals surface area contributed by atoms with Crippen molar-refractivity contribution in [3.8, 4) is 5.75 Å². The Labute approximate surface area is 171 Å². The van der Waals surface area contributed by atoms with E-state index < -0.39 is 0 Å². The number of nitrogens with zero attached hydrogens (tertiary/aromatic N) is 4. The van der Waals surface area contributed by atoms with Crippen molar-refractivity contribution in [1.82, 2.24) is 19.2 Å². The summed E-state index contributed by atoms with van der Waals surface area (Å²) in [6.45, 7) is 4.48. The molecule has 1 saturated carbocycles. The first kappa shape index (κ1) is 18.3. The van der Waals surface area contributed by atoms with Crippen LogP contribution in [-0.2, 0) is 13.6 Å². The van der Waals surface area contributed by atoms with E-state index in [1.165, 1.54) is 23.7 Å². The van der Waals surface area contributed by atoms with Crippen LogP contribution in [0.15, 0.2) is 36.5 Å². The normalized spacial score (nSPS) is 17.8. The van der Waals surface area contributed by atoms with Gasteiger partial charge in [-0.05, 0) is 49.9 Å². The summed E-state index contributed by atoms with van der Waals surface area (Å²) in [6.07, 6.45) is 6.72. The van der Waals surface area contributed by atoms with E-state index >= 15 is 0 Å². The van der Waals surface area contributed by atoms with Crippen LogP contribution in [-0.4, -0.2) is 44.3 Å². The van der Waals surface area contributed by atoms with Gasteiger partial charge in [-0.2, -0.15) is 5.10 Å². The number of carbonyl (C=O) groups is 1. The number of hydrogen-bond donors (Lipinski definition) is 0. The SMILES string of the molecule is Cc1cc(C(=O)N2CCC(Oc3cccc4c3ccn4CC3CC3)CC2)nn1C. The lowest BCUT2D eigenvalue weighted by Gasteiger charge is -2.32. The summed E-state index contributed by atoms with van der Waals surface area (Å²) in [4.78, 5) is 14.6. The number of carbonyl (C=O) groups excluding carboxylic acids is 1. The minimum absolute atomic E-state index is 0.0198. The zero-order valence-electron chi connectivity index (χ0n) is 17.2. The van der Waals surface area contributed by atoms with E-state index in [-0.39, 0.29) is 12.0 Å². The Bertz CT molecular complexity index is 1020. The van der Waals surface area contributed by atoms with Gasteiger partial charge >= 0.3 is 0 Å². The third-order valence-corrected chi connectivity index (χ3v) is 6.28. The first-order chi connectivity index (χ1) is 14.1. The Morgan fingerprint density at radius 1 is 1.17 bits per heavy atom. The highest BCUT2D eigenvalue weighted by Gasteiger charge is 2.27. The average Bonchev–Trinajstić information content (AvgIpc) is 3.36. The van der Waals surface area contributed by atoms with Crippen LogP contribution in [0.2, 0.25) is 0 Å². The van der Waals surface area contributed by atoms with Gasteiger partial charge in [0.1, 0.15) is 11.9 Å². The van der Waals surface area contributed by atoms with Crippen LogP contribution in [0.1, 0.15) is 41.9 Å². The Balaban J connectivity index is 1.24.